The summed E-state index contributed by atoms with van der Waals surface area (Å²) in [6, 6.07) is 11.3. The predicted molar refractivity (Wildman–Crippen MR) is 70.4 cm³/mol. The van der Waals surface area contributed by atoms with Gasteiger partial charge >= 0.3 is 0 Å². The van der Waals surface area contributed by atoms with Gasteiger partial charge in [0, 0.05) is 0 Å². The van der Waals surface area contributed by atoms with Crippen LogP contribution in [0.25, 0.3) is 22.4 Å². The number of aromatic nitrogens is 1. The van der Waals surface area contributed by atoms with Gasteiger partial charge in [0.05, 0.1) is 10.9 Å². The van der Waals surface area contributed by atoms with Crippen LogP contribution in [0.4, 0.5) is 4.39 Å². The molecule has 3 rings (SSSR count). The summed E-state index contributed by atoms with van der Waals surface area (Å²) in [6.45, 7) is 1.88. The van der Waals surface area contributed by atoms with Crippen molar-refractivity contribution in [2.75, 3.05) is 0 Å². The van der Waals surface area contributed by atoms with Gasteiger partial charge in [-0.15, -0.1) is 0 Å². The van der Waals surface area contributed by atoms with E-state index >= 15 is 0 Å². The first-order valence-electron chi connectivity index (χ1n) is 5.81. The number of halogens is 1. The van der Waals surface area contributed by atoms with Crippen molar-refractivity contribution in [3.8, 4) is 11.5 Å². The third-order valence-electron chi connectivity index (χ3n) is 2.88. The summed E-state index contributed by atoms with van der Waals surface area (Å²) in [5.41, 5.74) is 1.12. The molecule has 0 fully saturated rings. The molecular weight excluding hydrogens is 245 g/mol. The third-order valence-corrected chi connectivity index (χ3v) is 2.88. The summed E-state index contributed by atoms with van der Waals surface area (Å²) >= 11 is 0. The molecule has 0 bridgehead atoms. The summed E-state index contributed by atoms with van der Waals surface area (Å²) in [5, 5.41) is 0.403. The van der Waals surface area contributed by atoms with Crippen LogP contribution in [0.3, 0.4) is 0 Å². The SMILES string of the molecule is Cc1ccc2oc(-c3ccccc3F)nc(=O)c2c1. The van der Waals surface area contributed by atoms with Crippen LogP contribution in [0.1, 0.15) is 5.56 Å². The molecule has 2 aromatic carbocycles. The number of aryl methyl sites for hydroxylation is 1. The maximum absolute atomic E-state index is 13.7. The van der Waals surface area contributed by atoms with Crippen molar-refractivity contribution >= 4 is 11.0 Å². The molecule has 1 aromatic heterocycles. The first-order valence-corrected chi connectivity index (χ1v) is 5.81. The lowest BCUT2D eigenvalue weighted by molar-refractivity contribution is 0.576. The summed E-state index contributed by atoms with van der Waals surface area (Å²) in [6.07, 6.45) is 0. The highest BCUT2D eigenvalue weighted by atomic mass is 19.1. The van der Waals surface area contributed by atoms with Crippen LogP contribution in [0.15, 0.2) is 51.7 Å². The zero-order valence-electron chi connectivity index (χ0n) is 10.2. The van der Waals surface area contributed by atoms with Gasteiger partial charge in [0.1, 0.15) is 11.4 Å². The van der Waals surface area contributed by atoms with Crippen LogP contribution < -0.4 is 5.56 Å². The topological polar surface area (TPSA) is 43.1 Å². The summed E-state index contributed by atoms with van der Waals surface area (Å²) in [5.74, 6) is -0.468. The predicted octanol–water partition coefficient (Wildman–Crippen LogP) is 3.30. The minimum absolute atomic E-state index is 0.000506. The molecule has 19 heavy (non-hydrogen) atoms. The summed E-state index contributed by atoms with van der Waals surface area (Å²) in [4.78, 5) is 15.8. The van der Waals surface area contributed by atoms with Crippen molar-refractivity contribution in [2.24, 2.45) is 0 Å². The van der Waals surface area contributed by atoms with Crippen LogP contribution in [0, 0.1) is 12.7 Å². The van der Waals surface area contributed by atoms with E-state index in [0.29, 0.717) is 11.0 Å². The Labute approximate surface area is 108 Å². The standard InChI is InChI=1S/C15H10FNO2/c1-9-6-7-13-11(8-9)14(18)17-15(19-13)10-4-2-3-5-12(10)16/h2-8H,1H3. The van der Waals surface area contributed by atoms with E-state index in [9.17, 15) is 9.18 Å². The van der Waals surface area contributed by atoms with Gasteiger partial charge in [0.25, 0.3) is 5.56 Å². The van der Waals surface area contributed by atoms with E-state index in [1.54, 1.807) is 24.3 Å². The van der Waals surface area contributed by atoms with E-state index in [-0.39, 0.29) is 11.5 Å². The Morgan fingerprint density at radius 1 is 1.16 bits per heavy atom. The van der Waals surface area contributed by atoms with E-state index in [4.69, 9.17) is 4.42 Å². The van der Waals surface area contributed by atoms with E-state index in [1.807, 2.05) is 13.0 Å². The molecule has 0 N–H and O–H groups in total. The van der Waals surface area contributed by atoms with Gasteiger partial charge in [-0.3, -0.25) is 4.79 Å². The van der Waals surface area contributed by atoms with Crippen LogP contribution in [0.5, 0.6) is 0 Å². The summed E-state index contributed by atoms with van der Waals surface area (Å²) in [7, 11) is 0. The number of rotatable bonds is 1. The van der Waals surface area contributed by atoms with E-state index < -0.39 is 11.4 Å². The Kier molecular flexibility index (Phi) is 2.63. The molecule has 0 saturated carbocycles. The second-order valence-electron chi connectivity index (χ2n) is 4.30. The Balaban J connectivity index is 2.31. The average molecular weight is 255 g/mol. The summed E-state index contributed by atoms with van der Waals surface area (Å²) < 4.78 is 19.2. The molecule has 3 nitrogen and oxygen atoms in total. The Hall–Kier alpha value is -2.49. The molecule has 4 heteroatoms. The zero-order chi connectivity index (χ0) is 13.4. The fourth-order valence-corrected chi connectivity index (χ4v) is 1.93. The highest BCUT2D eigenvalue weighted by Gasteiger charge is 2.11. The lowest BCUT2D eigenvalue weighted by atomic mass is 10.1. The fourth-order valence-electron chi connectivity index (χ4n) is 1.93. The average Bonchev–Trinajstić information content (AvgIpc) is 2.40. The highest BCUT2D eigenvalue weighted by molar-refractivity contribution is 5.77. The number of fused-ring (bicyclic) bond motifs is 1. The lowest BCUT2D eigenvalue weighted by Gasteiger charge is -2.03. The van der Waals surface area contributed by atoms with Crippen LogP contribution in [-0.4, -0.2) is 4.98 Å². The largest absolute Gasteiger partial charge is 0.437 e. The van der Waals surface area contributed by atoms with Gasteiger partial charge in [-0.05, 0) is 31.2 Å². The van der Waals surface area contributed by atoms with Crippen molar-refractivity contribution in [1.82, 2.24) is 4.98 Å². The maximum atomic E-state index is 13.7. The molecule has 0 aliphatic carbocycles. The monoisotopic (exact) mass is 255 g/mol. The first kappa shape index (κ1) is 11.6. The second kappa shape index (κ2) is 4.31. The lowest BCUT2D eigenvalue weighted by Crippen LogP contribution is -2.07. The smallest absolute Gasteiger partial charge is 0.284 e. The molecule has 0 aliphatic heterocycles. The molecule has 0 atom stereocenters. The molecule has 0 unspecified atom stereocenters. The number of benzene rings is 2. The molecule has 1 heterocycles. The quantitative estimate of drug-likeness (QED) is 0.670. The van der Waals surface area contributed by atoms with E-state index in [0.717, 1.165) is 5.56 Å². The van der Waals surface area contributed by atoms with Gasteiger partial charge in [-0.2, -0.15) is 4.98 Å². The zero-order valence-corrected chi connectivity index (χ0v) is 10.2. The second-order valence-corrected chi connectivity index (χ2v) is 4.30. The van der Waals surface area contributed by atoms with Gasteiger partial charge in [0.2, 0.25) is 5.89 Å². The van der Waals surface area contributed by atoms with Crippen molar-refractivity contribution in [1.29, 1.82) is 0 Å². The molecule has 0 spiro atoms. The number of hydrogen-bond donors (Lipinski definition) is 0. The molecule has 3 aromatic rings. The molecule has 0 amide bonds. The fraction of sp³-hybridized carbons (Fsp3) is 0.0667. The molecule has 94 valence electrons. The number of hydrogen-bond acceptors (Lipinski definition) is 3. The van der Waals surface area contributed by atoms with E-state index in [2.05, 4.69) is 4.98 Å². The molecular formula is C15H10FNO2. The van der Waals surface area contributed by atoms with Gasteiger partial charge < -0.3 is 4.42 Å². The Morgan fingerprint density at radius 3 is 2.74 bits per heavy atom. The normalized spacial score (nSPS) is 10.8. The first-order chi connectivity index (χ1) is 9.15. The third kappa shape index (κ3) is 2.01. The van der Waals surface area contributed by atoms with Crippen LogP contribution in [0.2, 0.25) is 0 Å². The molecule has 0 aliphatic rings. The van der Waals surface area contributed by atoms with Crippen molar-refractivity contribution in [2.45, 2.75) is 6.92 Å². The number of nitrogens with zero attached hydrogens (tertiary/aromatic N) is 1. The minimum Gasteiger partial charge on any atom is -0.437 e. The van der Waals surface area contributed by atoms with Crippen molar-refractivity contribution in [3.05, 3.63) is 64.2 Å². The van der Waals surface area contributed by atoms with Gasteiger partial charge in [-0.1, -0.05) is 23.8 Å². The maximum Gasteiger partial charge on any atom is 0.284 e. The molecule has 0 radical (unpaired) electrons. The van der Waals surface area contributed by atoms with Crippen LogP contribution in [-0.2, 0) is 0 Å². The van der Waals surface area contributed by atoms with Gasteiger partial charge in [-0.25, -0.2) is 4.39 Å². The van der Waals surface area contributed by atoms with Crippen molar-refractivity contribution in [3.63, 3.8) is 0 Å². The Morgan fingerprint density at radius 2 is 1.95 bits per heavy atom. The minimum atomic E-state index is -0.468. The van der Waals surface area contributed by atoms with Gasteiger partial charge in [0.15, 0.2) is 0 Å². The van der Waals surface area contributed by atoms with Crippen LogP contribution >= 0.6 is 0 Å². The van der Waals surface area contributed by atoms with Crippen molar-refractivity contribution < 1.29 is 8.81 Å². The Bertz CT molecular complexity index is 824. The van der Waals surface area contributed by atoms with E-state index in [1.165, 1.54) is 12.1 Å². The highest BCUT2D eigenvalue weighted by Crippen LogP contribution is 2.22. The molecule has 0 saturated heterocycles.